The third-order valence-electron chi connectivity index (χ3n) is 2.29. The number of benzene rings is 1. The summed E-state index contributed by atoms with van der Waals surface area (Å²) < 4.78 is 1.34. The predicted octanol–water partition coefficient (Wildman–Crippen LogP) is 1.95. The summed E-state index contributed by atoms with van der Waals surface area (Å²) in [6.07, 6.45) is 1.11. The van der Waals surface area contributed by atoms with Gasteiger partial charge in [0.1, 0.15) is 0 Å². The summed E-state index contributed by atoms with van der Waals surface area (Å²) in [6, 6.07) is 4.04. The molecule has 1 heterocycles. The molecule has 2 rings (SSSR count). The van der Waals surface area contributed by atoms with Crippen molar-refractivity contribution in [2.24, 2.45) is 0 Å². The van der Waals surface area contributed by atoms with Gasteiger partial charge in [-0.3, -0.25) is 10.1 Å². The summed E-state index contributed by atoms with van der Waals surface area (Å²) in [5.74, 6) is -1.85. The number of hydrogen-bond donors (Lipinski definition) is 2. The van der Waals surface area contributed by atoms with Crippen LogP contribution in [-0.2, 0) is 0 Å². The van der Waals surface area contributed by atoms with Crippen LogP contribution in [0, 0.1) is 10.1 Å². The molecule has 0 unspecified atom stereocenters. The lowest BCUT2D eigenvalue weighted by molar-refractivity contribution is -0.385. The van der Waals surface area contributed by atoms with Crippen LogP contribution < -0.4 is 0 Å². The molecule has 0 aliphatic heterocycles. The van der Waals surface area contributed by atoms with E-state index in [2.05, 4.69) is 21.0 Å². The van der Waals surface area contributed by atoms with Crippen LogP contribution in [0.1, 0.15) is 10.5 Å². The predicted molar refractivity (Wildman–Crippen MR) is 66.5 cm³/mol. The molecule has 0 radical (unpaired) electrons. The number of carboxylic acids is 1. The number of rotatable bonds is 3. The van der Waals surface area contributed by atoms with E-state index in [0.717, 1.165) is 10.9 Å². The highest BCUT2D eigenvalue weighted by Crippen LogP contribution is 2.28. The van der Waals surface area contributed by atoms with Gasteiger partial charge in [-0.25, -0.2) is 9.48 Å². The molecule has 0 spiro atoms. The number of aromatic carboxylic acids is 1. The van der Waals surface area contributed by atoms with Crippen LogP contribution in [0.2, 0.25) is 0 Å². The van der Waals surface area contributed by atoms with Crippen LogP contribution in [0.15, 0.2) is 28.9 Å². The minimum Gasteiger partial charge on any atom is -0.504 e. The Morgan fingerprint density at radius 3 is 2.63 bits per heavy atom. The van der Waals surface area contributed by atoms with Gasteiger partial charge in [0.05, 0.1) is 21.3 Å². The van der Waals surface area contributed by atoms with Crippen molar-refractivity contribution in [2.45, 2.75) is 0 Å². The molecular formula is C10H6BrN3O5. The first-order valence-electron chi connectivity index (χ1n) is 4.86. The lowest BCUT2D eigenvalue weighted by Gasteiger charge is -2.02. The Morgan fingerprint density at radius 2 is 2.16 bits per heavy atom. The van der Waals surface area contributed by atoms with Crippen LogP contribution in [0.4, 0.5) is 5.69 Å². The second-order valence-electron chi connectivity index (χ2n) is 3.51. The first-order valence-corrected chi connectivity index (χ1v) is 5.65. The van der Waals surface area contributed by atoms with Crippen molar-refractivity contribution in [3.63, 3.8) is 0 Å². The van der Waals surface area contributed by atoms with Gasteiger partial charge in [0.15, 0.2) is 5.75 Å². The molecule has 1 aromatic carbocycles. The van der Waals surface area contributed by atoms with E-state index in [9.17, 15) is 20.0 Å². The SMILES string of the molecule is O=C(O)c1nn(-c2ccc([N+](=O)[O-])c(Br)c2)cc1O. The molecule has 0 aliphatic rings. The van der Waals surface area contributed by atoms with Gasteiger partial charge < -0.3 is 10.2 Å². The largest absolute Gasteiger partial charge is 0.504 e. The summed E-state index contributed by atoms with van der Waals surface area (Å²) >= 11 is 3.04. The van der Waals surface area contributed by atoms with Crippen LogP contribution >= 0.6 is 15.9 Å². The number of nitro benzene ring substituents is 1. The summed E-state index contributed by atoms with van der Waals surface area (Å²) in [5.41, 5.74) is -0.242. The molecule has 19 heavy (non-hydrogen) atoms. The quantitative estimate of drug-likeness (QED) is 0.656. The number of nitrogens with zero attached hydrogens (tertiary/aromatic N) is 3. The highest BCUT2D eigenvalue weighted by molar-refractivity contribution is 9.10. The number of halogens is 1. The van der Waals surface area contributed by atoms with Crippen LogP contribution in [0.25, 0.3) is 5.69 Å². The van der Waals surface area contributed by atoms with Crippen LogP contribution in [0.5, 0.6) is 5.75 Å². The van der Waals surface area contributed by atoms with E-state index in [1.54, 1.807) is 0 Å². The molecule has 1 aromatic heterocycles. The Bertz CT molecular complexity index is 682. The van der Waals surface area contributed by atoms with Crippen LogP contribution in [-0.4, -0.2) is 30.9 Å². The number of carbonyl (C=O) groups is 1. The summed E-state index contributed by atoms with van der Waals surface area (Å²) in [4.78, 5) is 20.8. The standard InChI is InChI=1S/C10H6BrN3O5/c11-6-3-5(1-2-7(6)14(18)19)13-4-8(15)9(12-13)10(16)17/h1-4,15H,(H,16,17). The fraction of sp³-hybridized carbons (Fsp3) is 0. The molecule has 98 valence electrons. The molecule has 0 fully saturated rings. The van der Waals surface area contributed by atoms with E-state index >= 15 is 0 Å². The molecule has 0 saturated heterocycles. The Labute approximate surface area is 114 Å². The fourth-order valence-electron chi connectivity index (χ4n) is 1.44. The third-order valence-corrected chi connectivity index (χ3v) is 2.93. The maximum Gasteiger partial charge on any atom is 0.360 e. The highest BCUT2D eigenvalue weighted by Gasteiger charge is 2.17. The van der Waals surface area contributed by atoms with Gasteiger partial charge in [-0.1, -0.05) is 0 Å². The summed E-state index contributed by atoms with van der Waals surface area (Å²) in [7, 11) is 0. The number of aromatic nitrogens is 2. The minimum absolute atomic E-state index is 0.126. The molecule has 2 N–H and O–H groups in total. The average molecular weight is 328 g/mol. The smallest absolute Gasteiger partial charge is 0.360 e. The van der Waals surface area contributed by atoms with E-state index in [-0.39, 0.29) is 10.2 Å². The monoisotopic (exact) mass is 327 g/mol. The lowest BCUT2D eigenvalue weighted by atomic mass is 10.3. The Balaban J connectivity index is 2.48. The van der Waals surface area contributed by atoms with Gasteiger partial charge >= 0.3 is 5.97 Å². The Kier molecular flexibility index (Phi) is 3.21. The normalized spacial score (nSPS) is 10.4. The third kappa shape index (κ3) is 2.40. The van der Waals surface area contributed by atoms with Crippen molar-refractivity contribution in [1.29, 1.82) is 0 Å². The maximum absolute atomic E-state index is 10.7. The molecule has 0 bridgehead atoms. The molecule has 8 nitrogen and oxygen atoms in total. The number of aromatic hydroxyl groups is 1. The maximum atomic E-state index is 10.7. The molecular weight excluding hydrogens is 322 g/mol. The number of hydrogen-bond acceptors (Lipinski definition) is 5. The van der Waals surface area contributed by atoms with Gasteiger partial charge in [0, 0.05) is 6.07 Å². The molecule has 0 atom stereocenters. The number of nitro groups is 1. The van der Waals surface area contributed by atoms with Crippen molar-refractivity contribution < 1.29 is 19.9 Å². The first kappa shape index (κ1) is 13.0. The second-order valence-corrected chi connectivity index (χ2v) is 4.36. The Hall–Kier alpha value is -2.42. The average Bonchev–Trinajstić information content (AvgIpc) is 2.70. The zero-order valence-electron chi connectivity index (χ0n) is 9.15. The topological polar surface area (TPSA) is 118 Å². The molecule has 0 aliphatic carbocycles. The van der Waals surface area contributed by atoms with E-state index in [4.69, 9.17) is 5.11 Å². The Morgan fingerprint density at radius 1 is 1.47 bits per heavy atom. The van der Waals surface area contributed by atoms with Crippen molar-refractivity contribution in [3.05, 3.63) is 44.7 Å². The molecule has 0 saturated carbocycles. The van der Waals surface area contributed by atoms with E-state index < -0.39 is 22.3 Å². The van der Waals surface area contributed by atoms with Gasteiger partial charge in [-0.2, -0.15) is 5.10 Å². The lowest BCUT2D eigenvalue weighted by Crippen LogP contribution is -2.01. The molecule has 0 amide bonds. The second kappa shape index (κ2) is 4.69. The van der Waals surface area contributed by atoms with Crippen molar-refractivity contribution in [1.82, 2.24) is 9.78 Å². The van der Waals surface area contributed by atoms with Gasteiger partial charge in [-0.15, -0.1) is 0 Å². The molecule has 2 aromatic rings. The zero-order chi connectivity index (χ0) is 14.2. The van der Waals surface area contributed by atoms with Gasteiger partial charge in [0.25, 0.3) is 5.69 Å². The fourth-order valence-corrected chi connectivity index (χ4v) is 1.95. The zero-order valence-corrected chi connectivity index (χ0v) is 10.7. The van der Waals surface area contributed by atoms with E-state index in [1.807, 2.05) is 0 Å². The summed E-state index contributed by atoms with van der Waals surface area (Å²) in [5, 5.41) is 32.5. The van der Waals surface area contributed by atoms with E-state index in [1.165, 1.54) is 18.2 Å². The number of carboxylic acid groups (broad SMARTS) is 1. The van der Waals surface area contributed by atoms with Crippen LogP contribution in [0.3, 0.4) is 0 Å². The van der Waals surface area contributed by atoms with Crippen molar-refractivity contribution in [3.8, 4) is 11.4 Å². The highest BCUT2D eigenvalue weighted by atomic mass is 79.9. The molecule has 9 heteroatoms. The first-order chi connectivity index (χ1) is 8.90. The summed E-state index contributed by atoms with van der Waals surface area (Å²) in [6.45, 7) is 0. The van der Waals surface area contributed by atoms with Crippen molar-refractivity contribution >= 4 is 27.6 Å². The van der Waals surface area contributed by atoms with Crippen molar-refractivity contribution in [2.75, 3.05) is 0 Å². The minimum atomic E-state index is -1.36. The van der Waals surface area contributed by atoms with Gasteiger partial charge in [-0.05, 0) is 28.1 Å². The van der Waals surface area contributed by atoms with Gasteiger partial charge in [0.2, 0.25) is 5.69 Å². The van der Waals surface area contributed by atoms with E-state index in [0.29, 0.717) is 5.69 Å².